The Kier molecular flexibility index (Phi) is 1.55. The molecule has 2 aromatic heterocycles. The van der Waals surface area contributed by atoms with E-state index in [2.05, 4.69) is 4.98 Å². The highest BCUT2D eigenvalue weighted by Gasteiger charge is 2.03. The van der Waals surface area contributed by atoms with Crippen molar-refractivity contribution >= 4 is 16.9 Å². The molecule has 13 heavy (non-hydrogen) atoms. The van der Waals surface area contributed by atoms with Gasteiger partial charge in [0.2, 0.25) is 0 Å². The zero-order valence-electron chi connectivity index (χ0n) is 7.19. The number of anilines is 1. The number of fused-ring (bicyclic) bond motifs is 1. The van der Waals surface area contributed by atoms with Crippen molar-refractivity contribution in [3.8, 4) is 0 Å². The first kappa shape index (κ1) is 7.79. The topological polar surface area (TPSA) is 60.9 Å². The fraction of sp³-hybridized carbons (Fsp3) is 0.111. The minimum Gasteiger partial charge on any atom is -0.385 e. The summed E-state index contributed by atoms with van der Waals surface area (Å²) >= 11 is 0. The standard InChI is InChI=1S/C9H9N3O/c1-12-8(10)5-7(13)6-3-2-4-11-9(6)12/h2-5H,10H2,1H3. The highest BCUT2D eigenvalue weighted by atomic mass is 16.1. The first-order valence-electron chi connectivity index (χ1n) is 3.90. The Bertz CT molecular complexity index is 516. The van der Waals surface area contributed by atoms with Crippen molar-refractivity contribution in [2.24, 2.45) is 7.05 Å². The molecule has 0 saturated heterocycles. The third-order valence-electron chi connectivity index (χ3n) is 2.04. The predicted molar refractivity (Wildman–Crippen MR) is 51.4 cm³/mol. The number of aryl methyl sites for hydroxylation is 1. The van der Waals surface area contributed by atoms with Crippen molar-refractivity contribution in [3.63, 3.8) is 0 Å². The van der Waals surface area contributed by atoms with Gasteiger partial charge in [-0.15, -0.1) is 0 Å². The van der Waals surface area contributed by atoms with E-state index in [9.17, 15) is 4.79 Å². The van der Waals surface area contributed by atoms with Crippen LogP contribution in [-0.4, -0.2) is 9.55 Å². The highest BCUT2D eigenvalue weighted by Crippen LogP contribution is 2.08. The van der Waals surface area contributed by atoms with Crippen molar-refractivity contribution in [3.05, 3.63) is 34.6 Å². The molecule has 0 saturated carbocycles. The van der Waals surface area contributed by atoms with Gasteiger partial charge in [-0.2, -0.15) is 0 Å². The van der Waals surface area contributed by atoms with Gasteiger partial charge in [-0.25, -0.2) is 4.98 Å². The quantitative estimate of drug-likeness (QED) is 0.634. The molecule has 4 heteroatoms. The fourth-order valence-corrected chi connectivity index (χ4v) is 1.29. The van der Waals surface area contributed by atoms with Gasteiger partial charge in [-0.1, -0.05) is 0 Å². The molecule has 2 aromatic rings. The maximum absolute atomic E-state index is 11.4. The molecule has 66 valence electrons. The third-order valence-corrected chi connectivity index (χ3v) is 2.04. The van der Waals surface area contributed by atoms with Crippen LogP contribution in [0, 0.1) is 0 Å². The van der Waals surface area contributed by atoms with Crippen molar-refractivity contribution < 1.29 is 0 Å². The zero-order chi connectivity index (χ0) is 9.42. The lowest BCUT2D eigenvalue weighted by molar-refractivity contribution is 0.943. The van der Waals surface area contributed by atoms with Crippen molar-refractivity contribution in [2.75, 3.05) is 5.73 Å². The van der Waals surface area contributed by atoms with E-state index < -0.39 is 0 Å². The van der Waals surface area contributed by atoms with Crippen LogP contribution in [0.5, 0.6) is 0 Å². The Hall–Kier alpha value is -1.84. The minimum atomic E-state index is -0.0845. The normalized spacial score (nSPS) is 10.5. The average Bonchev–Trinajstić information content (AvgIpc) is 2.15. The molecule has 0 aliphatic heterocycles. The molecule has 4 nitrogen and oxygen atoms in total. The lowest BCUT2D eigenvalue weighted by Crippen LogP contribution is -2.11. The molecule has 0 spiro atoms. The molecular formula is C9H9N3O. The van der Waals surface area contributed by atoms with Crippen LogP contribution in [0.2, 0.25) is 0 Å². The smallest absolute Gasteiger partial charge is 0.193 e. The zero-order valence-corrected chi connectivity index (χ0v) is 7.19. The van der Waals surface area contributed by atoms with Crippen LogP contribution in [0.3, 0.4) is 0 Å². The number of rotatable bonds is 0. The van der Waals surface area contributed by atoms with E-state index in [4.69, 9.17) is 5.73 Å². The third kappa shape index (κ3) is 1.07. The van der Waals surface area contributed by atoms with Crippen LogP contribution in [-0.2, 0) is 7.05 Å². The molecule has 0 fully saturated rings. The number of pyridine rings is 2. The fourth-order valence-electron chi connectivity index (χ4n) is 1.29. The summed E-state index contributed by atoms with van der Waals surface area (Å²) in [5.74, 6) is 0.427. The van der Waals surface area contributed by atoms with Crippen LogP contribution >= 0.6 is 0 Å². The summed E-state index contributed by atoms with van der Waals surface area (Å²) in [6.07, 6.45) is 1.64. The molecule has 0 aliphatic rings. The Morgan fingerprint density at radius 1 is 1.54 bits per heavy atom. The first-order chi connectivity index (χ1) is 6.20. The summed E-state index contributed by atoms with van der Waals surface area (Å²) in [4.78, 5) is 15.5. The summed E-state index contributed by atoms with van der Waals surface area (Å²) in [5.41, 5.74) is 6.14. The lowest BCUT2D eigenvalue weighted by Gasteiger charge is -2.06. The second-order valence-corrected chi connectivity index (χ2v) is 2.87. The molecule has 2 heterocycles. The predicted octanol–water partition coefficient (Wildman–Crippen LogP) is 0.516. The molecule has 0 radical (unpaired) electrons. The summed E-state index contributed by atoms with van der Waals surface area (Å²) in [6.45, 7) is 0. The maximum Gasteiger partial charge on any atom is 0.193 e. The maximum atomic E-state index is 11.4. The van der Waals surface area contributed by atoms with Gasteiger partial charge in [0.1, 0.15) is 11.5 Å². The Morgan fingerprint density at radius 2 is 2.31 bits per heavy atom. The number of nitrogens with zero attached hydrogens (tertiary/aromatic N) is 2. The number of aromatic nitrogens is 2. The molecule has 0 aromatic carbocycles. The number of hydrogen-bond acceptors (Lipinski definition) is 3. The molecular weight excluding hydrogens is 166 g/mol. The van der Waals surface area contributed by atoms with Gasteiger partial charge >= 0.3 is 0 Å². The lowest BCUT2D eigenvalue weighted by atomic mass is 10.3. The highest BCUT2D eigenvalue weighted by molar-refractivity contribution is 5.76. The molecule has 0 amide bonds. The van der Waals surface area contributed by atoms with Crippen molar-refractivity contribution in [1.29, 1.82) is 0 Å². The van der Waals surface area contributed by atoms with E-state index in [1.165, 1.54) is 6.07 Å². The second kappa shape index (κ2) is 2.58. The molecule has 0 unspecified atom stereocenters. The van der Waals surface area contributed by atoms with Gasteiger partial charge < -0.3 is 10.3 Å². The molecule has 2 rings (SSSR count). The number of hydrogen-bond donors (Lipinski definition) is 1. The van der Waals surface area contributed by atoms with Crippen LogP contribution in [0.4, 0.5) is 5.82 Å². The van der Waals surface area contributed by atoms with E-state index in [-0.39, 0.29) is 5.43 Å². The first-order valence-corrected chi connectivity index (χ1v) is 3.90. The SMILES string of the molecule is Cn1c(N)cc(=O)c2cccnc21. The molecule has 0 aliphatic carbocycles. The van der Waals surface area contributed by atoms with Crippen LogP contribution < -0.4 is 11.2 Å². The summed E-state index contributed by atoms with van der Waals surface area (Å²) < 4.78 is 1.69. The minimum absolute atomic E-state index is 0.0845. The van der Waals surface area contributed by atoms with Crippen LogP contribution in [0.25, 0.3) is 11.0 Å². The van der Waals surface area contributed by atoms with E-state index in [0.29, 0.717) is 16.9 Å². The van der Waals surface area contributed by atoms with Gasteiger partial charge in [-0.05, 0) is 12.1 Å². The summed E-state index contributed by atoms with van der Waals surface area (Å²) in [6, 6.07) is 4.88. The monoisotopic (exact) mass is 175 g/mol. The van der Waals surface area contributed by atoms with E-state index in [0.717, 1.165) is 0 Å². The Labute approximate surface area is 74.6 Å². The molecule has 2 N–H and O–H groups in total. The average molecular weight is 175 g/mol. The van der Waals surface area contributed by atoms with E-state index in [1.807, 2.05) is 0 Å². The van der Waals surface area contributed by atoms with Crippen molar-refractivity contribution in [2.45, 2.75) is 0 Å². The van der Waals surface area contributed by atoms with Gasteiger partial charge in [-0.3, -0.25) is 4.79 Å². The molecule has 0 bridgehead atoms. The largest absolute Gasteiger partial charge is 0.385 e. The van der Waals surface area contributed by atoms with E-state index in [1.54, 1.807) is 29.9 Å². The number of nitrogen functional groups attached to an aromatic ring is 1. The Balaban J connectivity index is 3.06. The van der Waals surface area contributed by atoms with E-state index >= 15 is 0 Å². The second-order valence-electron chi connectivity index (χ2n) is 2.87. The van der Waals surface area contributed by atoms with Crippen molar-refractivity contribution in [1.82, 2.24) is 9.55 Å². The van der Waals surface area contributed by atoms with Crippen LogP contribution in [0.15, 0.2) is 29.2 Å². The van der Waals surface area contributed by atoms with Gasteiger partial charge in [0.15, 0.2) is 5.43 Å². The Morgan fingerprint density at radius 3 is 3.08 bits per heavy atom. The van der Waals surface area contributed by atoms with Gasteiger partial charge in [0.05, 0.1) is 5.39 Å². The summed E-state index contributed by atoms with van der Waals surface area (Å²) in [7, 11) is 1.78. The summed E-state index contributed by atoms with van der Waals surface area (Å²) in [5, 5.41) is 0.596. The van der Waals surface area contributed by atoms with Gasteiger partial charge in [0, 0.05) is 19.3 Å². The number of nitrogens with two attached hydrogens (primary N) is 1. The van der Waals surface area contributed by atoms with Gasteiger partial charge in [0.25, 0.3) is 0 Å². The molecule has 0 atom stereocenters. The van der Waals surface area contributed by atoms with Crippen LogP contribution in [0.1, 0.15) is 0 Å².